The number of aryl methyl sites for hydroxylation is 3. The molecule has 7 nitrogen and oxygen atoms in total. The predicted molar refractivity (Wildman–Crippen MR) is 128 cm³/mol. The first-order chi connectivity index (χ1) is 16.3. The molecule has 0 fully saturated rings. The number of hydrogen-bond acceptors (Lipinski definition) is 5. The SMILES string of the molecule is Cc1cc2c(nc1C)c(=O)c(C(=O)Nc1ccnc3c1CCCC3)nn2-c1ccc(Cl)cc1F. The zero-order valence-electron chi connectivity index (χ0n) is 18.7. The lowest BCUT2D eigenvalue weighted by molar-refractivity contribution is 0.101. The van der Waals surface area contributed by atoms with Gasteiger partial charge in [-0.3, -0.25) is 14.6 Å². The molecule has 5 rings (SSSR count). The van der Waals surface area contributed by atoms with Gasteiger partial charge >= 0.3 is 0 Å². The number of halogens is 2. The summed E-state index contributed by atoms with van der Waals surface area (Å²) in [6.45, 7) is 3.60. The average molecular weight is 478 g/mol. The number of nitrogens with zero attached hydrogens (tertiary/aromatic N) is 4. The van der Waals surface area contributed by atoms with Gasteiger partial charge < -0.3 is 5.32 Å². The van der Waals surface area contributed by atoms with Crippen molar-refractivity contribution >= 4 is 34.2 Å². The smallest absolute Gasteiger partial charge is 0.280 e. The van der Waals surface area contributed by atoms with Crippen LogP contribution in [0.15, 0.2) is 41.3 Å². The van der Waals surface area contributed by atoms with Gasteiger partial charge in [0.25, 0.3) is 5.91 Å². The zero-order chi connectivity index (χ0) is 24.0. The van der Waals surface area contributed by atoms with Crippen molar-refractivity contribution in [3.05, 3.63) is 85.8 Å². The zero-order valence-corrected chi connectivity index (χ0v) is 19.4. The Labute approximate surface area is 199 Å². The van der Waals surface area contributed by atoms with Crippen molar-refractivity contribution in [1.82, 2.24) is 19.7 Å². The first-order valence-electron chi connectivity index (χ1n) is 11.0. The van der Waals surface area contributed by atoms with Crippen LogP contribution in [0.2, 0.25) is 5.02 Å². The maximum atomic E-state index is 14.9. The molecule has 1 amide bonds. The number of rotatable bonds is 3. The summed E-state index contributed by atoms with van der Waals surface area (Å²) in [5, 5.41) is 7.34. The quantitative estimate of drug-likeness (QED) is 0.461. The van der Waals surface area contributed by atoms with Gasteiger partial charge in [-0.05, 0) is 81.0 Å². The van der Waals surface area contributed by atoms with Crippen LogP contribution in [-0.2, 0) is 12.8 Å². The molecule has 1 aromatic carbocycles. The van der Waals surface area contributed by atoms with Gasteiger partial charge in [0.2, 0.25) is 5.43 Å². The van der Waals surface area contributed by atoms with Crippen molar-refractivity contribution < 1.29 is 9.18 Å². The van der Waals surface area contributed by atoms with E-state index in [4.69, 9.17) is 11.6 Å². The van der Waals surface area contributed by atoms with E-state index in [0.717, 1.165) is 48.6 Å². The van der Waals surface area contributed by atoms with Crippen LogP contribution in [0.1, 0.15) is 45.8 Å². The number of hydrogen-bond donors (Lipinski definition) is 1. The molecule has 1 aliphatic carbocycles. The third-order valence-electron chi connectivity index (χ3n) is 6.14. The lowest BCUT2D eigenvalue weighted by Gasteiger charge is -2.19. The number of nitrogens with one attached hydrogen (secondary N) is 1. The molecule has 0 spiro atoms. The Morgan fingerprint density at radius 3 is 2.74 bits per heavy atom. The summed E-state index contributed by atoms with van der Waals surface area (Å²) in [5.41, 5.74) is 3.35. The van der Waals surface area contributed by atoms with Gasteiger partial charge in [-0.25, -0.2) is 14.1 Å². The van der Waals surface area contributed by atoms with E-state index in [-0.39, 0.29) is 21.9 Å². The second-order valence-corrected chi connectivity index (χ2v) is 8.83. The molecule has 172 valence electrons. The lowest BCUT2D eigenvalue weighted by atomic mass is 9.95. The molecule has 0 saturated carbocycles. The standard InChI is InChI=1S/C25H21ClFN5O2/c1-13-11-21-22(29-14(13)2)24(33)23(31-32(21)20-8-7-15(26)12-17(20)27)25(34)30-19-9-10-28-18-6-4-3-5-16(18)19/h7-12H,3-6H2,1-2H3,(H,28,30,34). The molecule has 0 aliphatic heterocycles. The van der Waals surface area contributed by atoms with Crippen LogP contribution in [0.4, 0.5) is 10.1 Å². The number of aromatic nitrogens is 4. The highest BCUT2D eigenvalue weighted by Crippen LogP contribution is 2.27. The van der Waals surface area contributed by atoms with Crippen molar-refractivity contribution in [3.8, 4) is 5.69 Å². The Kier molecular flexibility index (Phi) is 5.61. The van der Waals surface area contributed by atoms with Crippen LogP contribution in [0.3, 0.4) is 0 Å². The van der Waals surface area contributed by atoms with Crippen molar-refractivity contribution in [2.24, 2.45) is 0 Å². The minimum atomic E-state index is -0.686. The van der Waals surface area contributed by atoms with Crippen molar-refractivity contribution in [3.63, 3.8) is 0 Å². The Morgan fingerprint density at radius 1 is 1.15 bits per heavy atom. The van der Waals surface area contributed by atoms with Crippen molar-refractivity contribution in [2.75, 3.05) is 5.32 Å². The molecule has 0 saturated heterocycles. The summed E-state index contributed by atoms with van der Waals surface area (Å²) in [6.07, 6.45) is 5.33. The van der Waals surface area contributed by atoms with Gasteiger partial charge in [0, 0.05) is 28.3 Å². The van der Waals surface area contributed by atoms with Crippen LogP contribution < -0.4 is 10.7 Å². The fourth-order valence-electron chi connectivity index (χ4n) is 4.24. The van der Waals surface area contributed by atoms with E-state index >= 15 is 0 Å². The van der Waals surface area contributed by atoms with Gasteiger partial charge in [0.05, 0.1) is 5.52 Å². The van der Waals surface area contributed by atoms with Gasteiger partial charge in [-0.2, -0.15) is 5.10 Å². The van der Waals surface area contributed by atoms with E-state index < -0.39 is 17.2 Å². The maximum Gasteiger partial charge on any atom is 0.280 e. The van der Waals surface area contributed by atoms with E-state index in [1.165, 1.54) is 16.8 Å². The van der Waals surface area contributed by atoms with E-state index in [9.17, 15) is 14.0 Å². The molecule has 4 aromatic rings. The first-order valence-corrected chi connectivity index (χ1v) is 11.4. The van der Waals surface area contributed by atoms with Crippen molar-refractivity contribution in [2.45, 2.75) is 39.5 Å². The van der Waals surface area contributed by atoms with Gasteiger partial charge in [0.1, 0.15) is 17.0 Å². The molecule has 0 atom stereocenters. The minimum Gasteiger partial charge on any atom is -0.320 e. The minimum absolute atomic E-state index is 0.0364. The molecule has 0 radical (unpaired) electrons. The predicted octanol–water partition coefficient (Wildman–Crippen LogP) is 4.72. The summed E-state index contributed by atoms with van der Waals surface area (Å²) in [6, 6.07) is 7.54. The normalized spacial score (nSPS) is 13.1. The number of carbonyl (C=O) groups is 1. The lowest BCUT2D eigenvalue weighted by Crippen LogP contribution is -2.28. The third kappa shape index (κ3) is 3.84. The van der Waals surface area contributed by atoms with E-state index in [0.29, 0.717) is 16.9 Å². The van der Waals surface area contributed by atoms with Crippen LogP contribution in [0.5, 0.6) is 0 Å². The summed E-state index contributed by atoms with van der Waals surface area (Å²) in [4.78, 5) is 35.4. The molecule has 9 heteroatoms. The van der Waals surface area contributed by atoms with E-state index in [1.54, 1.807) is 25.3 Å². The van der Waals surface area contributed by atoms with Crippen LogP contribution >= 0.6 is 11.6 Å². The number of carbonyl (C=O) groups excluding carboxylic acids is 1. The fourth-order valence-corrected chi connectivity index (χ4v) is 4.40. The maximum absolute atomic E-state index is 14.9. The largest absolute Gasteiger partial charge is 0.320 e. The number of pyridine rings is 2. The summed E-state index contributed by atoms with van der Waals surface area (Å²) in [7, 11) is 0. The summed E-state index contributed by atoms with van der Waals surface area (Å²) in [5.74, 6) is -1.33. The molecule has 1 aliphatic rings. The molecule has 3 aromatic heterocycles. The first kappa shape index (κ1) is 22.2. The monoisotopic (exact) mass is 477 g/mol. The van der Waals surface area contributed by atoms with Crippen molar-refractivity contribution in [1.29, 1.82) is 0 Å². The molecule has 3 heterocycles. The highest BCUT2D eigenvalue weighted by Gasteiger charge is 2.23. The molecule has 1 N–H and O–H groups in total. The van der Waals surface area contributed by atoms with E-state index in [1.807, 2.05) is 6.92 Å². The Morgan fingerprint density at radius 2 is 1.94 bits per heavy atom. The molecule has 0 bridgehead atoms. The molecular formula is C25H21ClFN5O2. The second kappa shape index (κ2) is 8.61. The number of amides is 1. The molecule has 0 unspecified atom stereocenters. The Bertz CT molecular complexity index is 1530. The molecule has 34 heavy (non-hydrogen) atoms. The van der Waals surface area contributed by atoms with Crippen LogP contribution in [-0.4, -0.2) is 25.7 Å². The third-order valence-corrected chi connectivity index (χ3v) is 6.38. The summed E-state index contributed by atoms with van der Waals surface area (Å²) < 4.78 is 16.1. The second-order valence-electron chi connectivity index (χ2n) is 8.39. The Hall–Kier alpha value is -3.65. The van der Waals surface area contributed by atoms with E-state index in [2.05, 4.69) is 20.4 Å². The average Bonchev–Trinajstić information content (AvgIpc) is 2.81. The number of benzene rings is 1. The Balaban J connectivity index is 1.69. The summed E-state index contributed by atoms with van der Waals surface area (Å²) >= 11 is 5.92. The number of fused-ring (bicyclic) bond motifs is 2. The fraction of sp³-hybridized carbons (Fsp3) is 0.240. The topological polar surface area (TPSA) is 89.8 Å². The number of anilines is 1. The highest BCUT2D eigenvalue weighted by molar-refractivity contribution is 6.30. The van der Waals surface area contributed by atoms with Crippen LogP contribution in [0, 0.1) is 19.7 Å². The highest BCUT2D eigenvalue weighted by atomic mass is 35.5. The van der Waals surface area contributed by atoms with Gasteiger partial charge in [-0.15, -0.1) is 0 Å². The van der Waals surface area contributed by atoms with Crippen LogP contribution in [0.25, 0.3) is 16.7 Å². The van der Waals surface area contributed by atoms with Gasteiger partial charge in [-0.1, -0.05) is 11.6 Å². The molecular weight excluding hydrogens is 457 g/mol. The van der Waals surface area contributed by atoms with Gasteiger partial charge in [0.15, 0.2) is 5.69 Å².